The largest absolute Gasteiger partial charge is 0.447 e. The van der Waals surface area contributed by atoms with Crippen LogP contribution in [0, 0.1) is 0 Å². The van der Waals surface area contributed by atoms with Crippen LogP contribution >= 0.6 is 0 Å². The van der Waals surface area contributed by atoms with Gasteiger partial charge < -0.3 is 19.3 Å². The number of nitrogens with zero attached hydrogens (tertiary/aromatic N) is 6. The van der Waals surface area contributed by atoms with Crippen molar-refractivity contribution in [1.29, 1.82) is 0 Å². The second-order valence-electron chi connectivity index (χ2n) is 11.0. The van der Waals surface area contributed by atoms with Gasteiger partial charge in [-0.2, -0.15) is 5.10 Å². The van der Waals surface area contributed by atoms with Gasteiger partial charge in [-0.1, -0.05) is 6.07 Å². The first-order valence-corrected chi connectivity index (χ1v) is 13.7. The van der Waals surface area contributed by atoms with Gasteiger partial charge in [-0.25, -0.2) is 9.31 Å². The normalized spacial score (nSPS) is 21.0. The standard InChI is InChI=1S/C29H40N6O3/c1-21(2)34-12-6-10-29(20-34,37-5)24-7-8-25(30-18-24)23-17-27-26(9-11-31-35(27)19-23)32-13-15-33(16-14-32)28(36)38-22(3)4/h7-9,11,17-19,21-22H,6,10,12-16,20H2,1-5H3/t29-/m1/s1. The first-order chi connectivity index (χ1) is 18.3. The van der Waals surface area contributed by atoms with Gasteiger partial charge in [-0.3, -0.25) is 9.88 Å². The molecule has 0 radical (unpaired) electrons. The summed E-state index contributed by atoms with van der Waals surface area (Å²) in [6, 6.07) is 8.95. The van der Waals surface area contributed by atoms with E-state index < -0.39 is 0 Å². The molecule has 204 valence electrons. The van der Waals surface area contributed by atoms with Crippen molar-refractivity contribution < 1.29 is 14.3 Å². The molecule has 0 unspecified atom stereocenters. The summed E-state index contributed by atoms with van der Waals surface area (Å²) >= 11 is 0. The summed E-state index contributed by atoms with van der Waals surface area (Å²) < 4.78 is 13.4. The molecule has 2 fully saturated rings. The summed E-state index contributed by atoms with van der Waals surface area (Å²) in [4.78, 5) is 23.7. The molecular formula is C29H40N6O3. The first-order valence-electron chi connectivity index (χ1n) is 13.7. The third-order valence-electron chi connectivity index (χ3n) is 7.89. The minimum atomic E-state index is -0.321. The Hall–Kier alpha value is -3.17. The number of pyridine rings is 1. The molecule has 9 heteroatoms. The Morgan fingerprint density at radius 2 is 1.84 bits per heavy atom. The number of rotatable bonds is 6. The van der Waals surface area contributed by atoms with Crippen LogP contribution in [0.15, 0.2) is 42.9 Å². The highest BCUT2D eigenvalue weighted by atomic mass is 16.6. The highest BCUT2D eigenvalue weighted by molar-refractivity contribution is 5.79. The van der Waals surface area contributed by atoms with Gasteiger partial charge >= 0.3 is 6.09 Å². The molecule has 3 aromatic rings. The van der Waals surface area contributed by atoms with E-state index in [0.29, 0.717) is 19.1 Å². The Morgan fingerprint density at radius 1 is 1.05 bits per heavy atom. The number of carbonyl (C=O) groups excluding carboxylic acids is 1. The van der Waals surface area contributed by atoms with Crippen molar-refractivity contribution in [3.8, 4) is 11.3 Å². The molecule has 0 aliphatic carbocycles. The summed E-state index contributed by atoms with van der Waals surface area (Å²) in [6.45, 7) is 13.0. The van der Waals surface area contributed by atoms with Crippen LogP contribution in [0.3, 0.4) is 0 Å². The molecule has 5 rings (SSSR count). The SMILES string of the molecule is CO[C@]1(c2ccc(-c3cc4c(N5CCN(C(=O)OC(C)C)CC5)ccnn4c3)nc2)CCCN(C(C)C)C1. The molecule has 2 aliphatic rings. The van der Waals surface area contributed by atoms with Crippen LogP contribution in [0.25, 0.3) is 16.8 Å². The van der Waals surface area contributed by atoms with E-state index >= 15 is 0 Å². The van der Waals surface area contributed by atoms with Crippen molar-refractivity contribution in [2.24, 2.45) is 0 Å². The maximum atomic E-state index is 12.3. The molecule has 0 N–H and O–H groups in total. The average Bonchev–Trinajstić information content (AvgIpc) is 3.37. The van der Waals surface area contributed by atoms with Gasteiger partial charge in [0.05, 0.1) is 23.0 Å². The molecule has 2 saturated heterocycles. The summed E-state index contributed by atoms with van der Waals surface area (Å²) in [5, 5.41) is 4.55. The van der Waals surface area contributed by atoms with Crippen LogP contribution in [0.4, 0.5) is 10.5 Å². The zero-order chi connectivity index (χ0) is 26.9. The molecule has 5 heterocycles. The number of methoxy groups -OCH3 is 1. The number of hydrogen-bond donors (Lipinski definition) is 0. The Morgan fingerprint density at radius 3 is 2.50 bits per heavy atom. The average molecular weight is 521 g/mol. The van der Waals surface area contributed by atoms with Crippen molar-refractivity contribution in [3.05, 3.63) is 48.4 Å². The predicted octanol–water partition coefficient (Wildman–Crippen LogP) is 4.41. The number of piperidine rings is 1. The molecule has 0 saturated carbocycles. The minimum Gasteiger partial charge on any atom is -0.447 e. The molecule has 1 atom stereocenters. The second kappa shape index (κ2) is 10.9. The Bertz CT molecular complexity index is 1250. The highest BCUT2D eigenvalue weighted by Gasteiger charge is 2.38. The van der Waals surface area contributed by atoms with E-state index in [9.17, 15) is 4.79 Å². The Kier molecular flexibility index (Phi) is 7.59. The Balaban J connectivity index is 1.34. The van der Waals surface area contributed by atoms with Gasteiger partial charge in [0, 0.05) is 75.6 Å². The number of anilines is 1. The summed E-state index contributed by atoms with van der Waals surface area (Å²) in [6.07, 6.45) is 7.60. The van der Waals surface area contributed by atoms with Crippen molar-refractivity contribution >= 4 is 17.3 Å². The van der Waals surface area contributed by atoms with Crippen LogP contribution in [0.2, 0.25) is 0 Å². The fourth-order valence-electron chi connectivity index (χ4n) is 5.66. The van der Waals surface area contributed by atoms with Crippen molar-refractivity contribution in [2.45, 2.75) is 58.3 Å². The third kappa shape index (κ3) is 5.22. The number of carbonyl (C=O) groups is 1. The monoisotopic (exact) mass is 520 g/mol. The topological polar surface area (TPSA) is 75.4 Å². The lowest BCUT2D eigenvalue weighted by molar-refractivity contribution is -0.0769. The quantitative estimate of drug-likeness (QED) is 0.477. The van der Waals surface area contributed by atoms with Crippen molar-refractivity contribution in [3.63, 3.8) is 0 Å². The number of aromatic nitrogens is 3. The number of hydrogen-bond acceptors (Lipinski definition) is 7. The number of likely N-dealkylation sites (tertiary alicyclic amines) is 1. The fourth-order valence-corrected chi connectivity index (χ4v) is 5.66. The van der Waals surface area contributed by atoms with E-state index in [0.717, 1.165) is 67.0 Å². The van der Waals surface area contributed by atoms with Crippen LogP contribution in [-0.4, -0.2) is 89.0 Å². The van der Waals surface area contributed by atoms with E-state index in [2.05, 4.69) is 46.9 Å². The van der Waals surface area contributed by atoms with E-state index in [4.69, 9.17) is 14.5 Å². The van der Waals surface area contributed by atoms with E-state index in [1.807, 2.05) is 50.1 Å². The van der Waals surface area contributed by atoms with Crippen LogP contribution in [0.1, 0.15) is 46.1 Å². The van der Waals surface area contributed by atoms with Gasteiger partial charge in [0.25, 0.3) is 0 Å². The lowest BCUT2D eigenvalue weighted by Gasteiger charge is -2.43. The smallest absolute Gasteiger partial charge is 0.410 e. The molecule has 2 aliphatic heterocycles. The lowest BCUT2D eigenvalue weighted by atomic mass is 9.85. The van der Waals surface area contributed by atoms with E-state index in [1.165, 1.54) is 0 Å². The molecule has 3 aromatic heterocycles. The molecule has 0 aromatic carbocycles. The van der Waals surface area contributed by atoms with Crippen LogP contribution in [-0.2, 0) is 15.1 Å². The molecule has 0 spiro atoms. The summed E-state index contributed by atoms with van der Waals surface area (Å²) in [5.74, 6) is 0. The maximum Gasteiger partial charge on any atom is 0.410 e. The Labute approximate surface area is 225 Å². The maximum absolute atomic E-state index is 12.3. The number of fused-ring (bicyclic) bond motifs is 1. The molecule has 1 amide bonds. The number of ether oxygens (including phenoxy) is 2. The number of piperazine rings is 1. The highest BCUT2D eigenvalue weighted by Crippen LogP contribution is 2.36. The zero-order valence-corrected chi connectivity index (χ0v) is 23.3. The summed E-state index contributed by atoms with van der Waals surface area (Å²) in [7, 11) is 1.82. The molecule has 9 nitrogen and oxygen atoms in total. The van der Waals surface area contributed by atoms with E-state index in [-0.39, 0.29) is 17.8 Å². The summed E-state index contributed by atoms with van der Waals surface area (Å²) in [5.41, 5.74) is 4.88. The zero-order valence-electron chi connectivity index (χ0n) is 23.3. The third-order valence-corrected chi connectivity index (χ3v) is 7.89. The van der Waals surface area contributed by atoms with Crippen molar-refractivity contribution in [2.75, 3.05) is 51.3 Å². The van der Waals surface area contributed by atoms with Gasteiger partial charge in [0.2, 0.25) is 0 Å². The second-order valence-corrected chi connectivity index (χ2v) is 11.0. The minimum absolute atomic E-state index is 0.111. The van der Waals surface area contributed by atoms with Crippen LogP contribution < -0.4 is 4.90 Å². The van der Waals surface area contributed by atoms with E-state index in [1.54, 1.807) is 4.90 Å². The van der Waals surface area contributed by atoms with Crippen molar-refractivity contribution in [1.82, 2.24) is 24.4 Å². The van der Waals surface area contributed by atoms with Gasteiger partial charge in [-0.05, 0) is 65.3 Å². The lowest BCUT2D eigenvalue weighted by Crippen LogP contribution is -2.49. The first kappa shape index (κ1) is 26.4. The molecular weight excluding hydrogens is 480 g/mol. The van der Waals surface area contributed by atoms with Gasteiger partial charge in [-0.15, -0.1) is 0 Å². The fraction of sp³-hybridized carbons (Fsp3) is 0.552. The van der Waals surface area contributed by atoms with Gasteiger partial charge in [0.15, 0.2) is 0 Å². The molecule has 38 heavy (non-hydrogen) atoms. The number of amides is 1. The van der Waals surface area contributed by atoms with Gasteiger partial charge in [0.1, 0.15) is 5.60 Å². The predicted molar refractivity (Wildman–Crippen MR) is 148 cm³/mol. The van der Waals surface area contributed by atoms with Crippen LogP contribution in [0.5, 0.6) is 0 Å². The molecule has 0 bridgehead atoms.